The van der Waals surface area contributed by atoms with E-state index >= 15 is 0 Å². The van der Waals surface area contributed by atoms with Gasteiger partial charge in [0, 0.05) is 36.7 Å². The lowest BCUT2D eigenvalue weighted by molar-refractivity contribution is 0.111. The molecule has 0 unspecified atom stereocenters. The summed E-state index contributed by atoms with van der Waals surface area (Å²) in [7, 11) is -6.52. The van der Waals surface area contributed by atoms with Crippen LogP contribution in [0.15, 0.2) is 76.8 Å². The molecule has 2 aromatic heterocycles. The third-order valence-electron chi connectivity index (χ3n) is 7.57. The summed E-state index contributed by atoms with van der Waals surface area (Å²) in [5, 5.41) is 0.530. The van der Waals surface area contributed by atoms with Gasteiger partial charge in [0.2, 0.25) is 0 Å². The number of anilines is 2. The van der Waals surface area contributed by atoms with E-state index < -0.39 is 36.6 Å². The minimum Gasteiger partial charge on any atom is -0.380 e. The third-order valence-corrected chi connectivity index (χ3v) is 10.7. The van der Waals surface area contributed by atoms with Gasteiger partial charge < -0.3 is 9.47 Å². The van der Waals surface area contributed by atoms with Crippen molar-refractivity contribution in [3.05, 3.63) is 106 Å². The number of nitrogens with one attached hydrogen (secondary N) is 2. The SMILES string of the molecule is COCc1cc(C2CC2)cnc1NS(=O)(=O)c1cc(F)ccc1F.Cc1cc(S(=O)(=O)Nc2ccc(COCC3CC3)cn2)ccc1Cl. The van der Waals surface area contributed by atoms with E-state index in [0.29, 0.717) is 40.7 Å². The number of aryl methyl sites for hydroxylation is 1. The van der Waals surface area contributed by atoms with Gasteiger partial charge in [-0.15, -0.1) is 0 Å². The van der Waals surface area contributed by atoms with Crippen LogP contribution >= 0.6 is 11.6 Å². The summed E-state index contributed by atoms with van der Waals surface area (Å²) in [6, 6.07) is 12.1. The topological polar surface area (TPSA) is 137 Å². The number of nitrogens with zero attached hydrogens (tertiary/aromatic N) is 2. The average molecular weight is 721 g/mol. The standard InChI is InChI=1S/C17H19ClN2O3S.C16H16F2N2O3S/c1-12-8-15(5-6-16(12)18)24(21,22)20-17-7-4-14(9-19-17)11-23-10-13-2-3-13;1-23-9-12-6-11(10-2-3-10)8-19-16(12)20-24(21,22)15-7-13(17)4-5-14(15)18/h4-9,13H,2-3,10-11H2,1H3,(H,19,20);4-8,10H,2-3,9H2,1H3,(H,19,20). The van der Waals surface area contributed by atoms with Crippen molar-refractivity contribution in [1.82, 2.24) is 9.97 Å². The molecule has 2 aliphatic carbocycles. The number of sulfonamides is 2. The Bertz CT molecular complexity index is 1970. The van der Waals surface area contributed by atoms with Crippen molar-refractivity contribution < 1.29 is 35.1 Å². The predicted octanol–water partition coefficient (Wildman–Crippen LogP) is 6.96. The van der Waals surface area contributed by atoms with E-state index in [1.807, 2.05) is 12.1 Å². The number of hydrogen-bond acceptors (Lipinski definition) is 8. The van der Waals surface area contributed by atoms with Crippen molar-refractivity contribution in [3.63, 3.8) is 0 Å². The molecule has 256 valence electrons. The van der Waals surface area contributed by atoms with Crippen LogP contribution in [-0.2, 0) is 42.7 Å². The number of hydrogen-bond donors (Lipinski definition) is 2. The highest BCUT2D eigenvalue weighted by Gasteiger charge is 2.27. The van der Waals surface area contributed by atoms with E-state index in [2.05, 4.69) is 19.4 Å². The zero-order chi connectivity index (χ0) is 34.5. The van der Waals surface area contributed by atoms with Crippen LogP contribution in [0, 0.1) is 24.5 Å². The summed E-state index contributed by atoms with van der Waals surface area (Å²) in [4.78, 5) is 7.67. The van der Waals surface area contributed by atoms with Gasteiger partial charge in [-0.2, -0.15) is 0 Å². The number of methoxy groups -OCH3 is 1. The molecule has 2 aliphatic rings. The molecular weight excluding hydrogens is 686 g/mol. The van der Waals surface area contributed by atoms with Crippen molar-refractivity contribution in [1.29, 1.82) is 0 Å². The maximum Gasteiger partial charge on any atom is 0.266 e. The Kier molecular flexibility index (Phi) is 11.3. The zero-order valence-electron chi connectivity index (χ0n) is 26.2. The van der Waals surface area contributed by atoms with Gasteiger partial charge in [-0.1, -0.05) is 17.7 Å². The van der Waals surface area contributed by atoms with Gasteiger partial charge >= 0.3 is 0 Å². The van der Waals surface area contributed by atoms with Crippen LogP contribution in [0.1, 0.15) is 53.9 Å². The van der Waals surface area contributed by atoms with E-state index in [9.17, 15) is 25.6 Å². The first-order valence-electron chi connectivity index (χ1n) is 15.1. The van der Waals surface area contributed by atoms with E-state index in [4.69, 9.17) is 21.1 Å². The van der Waals surface area contributed by atoms with Crippen LogP contribution in [0.3, 0.4) is 0 Å². The maximum atomic E-state index is 13.8. The molecule has 0 radical (unpaired) electrons. The van der Waals surface area contributed by atoms with E-state index in [1.54, 1.807) is 31.5 Å². The second-order valence-corrected chi connectivity index (χ2v) is 15.4. The minimum absolute atomic E-state index is 0.0462. The van der Waals surface area contributed by atoms with Gasteiger partial charge in [0.05, 0.1) is 18.1 Å². The summed E-state index contributed by atoms with van der Waals surface area (Å²) in [6.45, 7) is 3.18. The number of ether oxygens (including phenoxy) is 2. The number of benzene rings is 2. The molecule has 2 N–H and O–H groups in total. The monoisotopic (exact) mass is 720 g/mol. The molecule has 2 aromatic carbocycles. The molecule has 2 saturated carbocycles. The van der Waals surface area contributed by atoms with Crippen molar-refractivity contribution in [3.8, 4) is 0 Å². The molecule has 2 fully saturated rings. The summed E-state index contributed by atoms with van der Waals surface area (Å²) < 4.78 is 91.9. The Morgan fingerprint density at radius 2 is 1.65 bits per heavy atom. The molecule has 0 spiro atoms. The average Bonchev–Trinajstić information content (AvgIpc) is 3.97. The first kappa shape index (κ1) is 35.6. The fraction of sp³-hybridized carbons (Fsp3) is 0.333. The third kappa shape index (κ3) is 9.69. The normalized spacial score (nSPS) is 14.6. The van der Waals surface area contributed by atoms with Crippen LogP contribution in [0.5, 0.6) is 0 Å². The number of halogens is 3. The number of aromatic nitrogens is 2. The molecule has 48 heavy (non-hydrogen) atoms. The van der Waals surface area contributed by atoms with Crippen LogP contribution in [-0.4, -0.2) is 40.5 Å². The van der Waals surface area contributed by atoms with Crippen molar-refractivity contribution >= 4 is 43.3 Å². The second kappa shape index (κ2) is 15.2. The van der Waals surface area contributed by atoms with Gasteiger partial charge in [0.25, 0.3) is 20.0 Å². The molecule has 0 bridgehead atoms. The Labute approximate surface area is 284 Å². The lowest BCUT2D eigenvalue weighted by atomic mass is 10.1. The fourth-order valence-electron chi connectivity index (χ4n) is 4.57. The molecule has 2 heterocycles. The minimum atomic E-state index is -4.31. The number of rotatable bonds is 13. The highest BCUT2D eigenvalue weighted by atomic mass is 35.5. The van der Waals surface area contributed by atoms with Crippen LogP contribution < -0.4 is 9.44 Å². The lowest BCUT2D eigenvalue weighted by Gasteiger charge is -2.13. The smallest absolute Gasteiger partial charge is 0.266 e. The lowest BCUT2D eigenvalue weighted by Crippen LogP contribution is -2.17. The Morgan fingerprint density at radius 3 is 2.29 bits per heavy atom. The molecule has 4 aromatic rings. The molecule has 6 rings (SSSR count). The number of pyridine rings is 2. The summed E-state index contributed by atoms with van der Waals surface area (Å²) in [6.07, 6.45) is 7.88. The molecule has 10 nitrogen and oxygen atoms in total. The fourth-order valence-corrected chi connectivity index (χ4v) is 6.92. The van der Waals surface area contributed by atoms with Crippen LogP contribution in [0.2, 0.25) is 5.02 Å². The van der Waals surface area contributed by atoms with Crippen molar-refractivity contribution in [2.45, 2.75) is 61.5 Å². The Balaban J connectivity index is 0.000000188. The quantitative estimate of drug-likeness (QED) is 0.151. The Morgan fingerprint density at radius 1 is 0.875 bits per heavy atom. The van der Waals surface area contributed by atoms with Gasteiger partial charge in [-0.3, -0.25) is 9.44 Å². The van der Waals surface area contributed by atoms with Gasteiger partial charge in [0.1, 0.15) is 28.2 Å². The first-order valence-corrected chi connectivity index (χ1v) is 18.5. The zero-order valence-corrected chi connectivity index (χ0v) is 28.6. The molecule has 0 amide bonds. The molecule has 0 saturated heterocycles. The first-order chi connectivity index (χ1) is 22.8. The molecule has 15 heteroatoms. The molecular formula is C33H35ClF2N4O6S2. The summed E-state index contributed by atoms with van der Waals surface area (Å²) >= 11 is 5.93. The largest absolute Gasteiger partial charge is 0.380 e. The summed E-state index contributed by atoms with van der Waals surface area (Å²) in [5.74, 6) is -0.400. The van der Waals surface area contributed by atoms with Crippen LogP contribution in [0.4, 0.5) is 20.4 Å². The summed E-state index contributed by atoms with van der Waals surface area (Å²) in [5.41, 5.74) is 3.18. The van der Waals surface area contributed by atoms with Crippen molar-refractivity contribution in [2.75, 3.05) is 23.2 Å². The Hall–Kier alpha value is -3.69. The van der Waals surface area contributed by atoms with Gasteiger partial charge in [0.15, 0.2) is 0 Å². The second-order valence-electron chi connectivity index (χ2n) is 11.7. The van der Waals surface area contributed by atoms with Crippen LogP contribution in [0.25, 0.3) is 0 Å². The van der Waals surface area contributed by atoms with Crippen molar-refractivity contribution in [2.24, 2.45) is 5.92 Å². The highest BCUT2D eigenvalue weighted by Crippen LogP contribution is 2.40. The van der Waals surface area contributed by atoms with E-state index in [0.717, 1.165) is 42.7 Å². The highest BCUT2D eigenvalue weighted by molar-refractivity contribution is 7.93. The van der Waals surface area contributed by atoms with Gasteiger partial charge in [-0.05, 0) is 110 Å². The maximum absolute atomic E-state index is 13.8. The van der Waals surface area contributed by atoms with E-state index in [-0.39, 0.29) is 23.1 Å². The van der Waals surface area contributed by atoms with Gasteiger partial charge in [-0.25, -0.2) is 35.6 Å². The molecule has 0 aliphatic heterocycles. The van der Waals surface area contributed by atoms with E-state index in [1.165, 1.54) is 32.1 Å². The molecule has 0 atom stereocenters. The predicted molar refractivity (Wildman–Crippen MR) is 178 cm³/mol.